The van der Waals surface area contributed by atoms with E-state index < -0.39 is 29.8 Å². The highest BCUT2D eigenvalue weighted by Crippen LogP contribution is 1.94. The Kier molecular flexibility index (Phi) is 6.05. The van der Waals surface area contributed by atoms with Crippen LogP contribution in [0.15, 0.2) is 28.4 Å². The summed E-state index contributed by atoms with van der Waals surface area (Å²) in [6.45, 7) is 3.03. The minimum Gasteiger partial charge on any atom is -0.444 e. The normalized spacial score (nSPS) is 9.95. The molecule has 0 spiro atoms. The fourth-order valence-corrected chi connectivity index (χ4v) is 1.31. The van der Waals surface area contributed by atoms with Gasteiger partial charge < -0.3 is 10.1 Å². The molecule has 21 heavy (non-hydrogen) atoms. The van der Waals surface area contributed by atoms with Crippen LogP contribution in [0.4, 0.5) is 4.39 Å². The van der Waals surface area contributed by atoms with Crippen LogP contribution in [0.3, 0.4) is 0 Å². The van der Waals surface area contributed by atoms with Gasteiger partial charge in [-0.3, -0.25) is 23.9 Å². The first-order valence-corrected chi connectivity index (χ1v) is 5.99. The number of rotatable bonds is 7. The molecule has 114 valence electrons. The summed E-state index contributed by atoms with van der Waals surface area (Å²) in [5.74, 6) is -2.13. The van der Waals surface area contributed by atoms with Crippen molar-refractivity contribution in [1.82, 2.24) is 14.9 Å². The summed E-state index contributed by atoms with van der Waals surface area (Å²) >= 11 is 0. The fourth-order valence-electron chi connectivity index (χ4n) is 1.31. The predicted molar refractivity (Wildman–Crippen MR) is 69.8 cm³/mol. The maximum absolute atomic E-state index is 12.9. The van der Waals surface area contributed by atoms with Gasteiger partial charge in [0.2, 0.25) is 11.7 Å². The van der Waals surface area contributed by atoms with Crippen molar-refractivity contribution in [1.29, 1.82) is 0 Å². The first-order valence-electron chi connectivity index (χ1n) is 5.99. The number of nitrogens with one attached hydrogen (secondary N) is 2. The van der Waals surface area contributed by atoms with Gasteiger partial charge in [0.05, 0.1) is 6.20 Å². The Labute approximate surface area is 118 Å². The van der Waals surface area contributed by atoms with Crippen LogP contribution in [-0.4, -0.2) is 28.0 Å². The number of nitrogens with zero attached hydrogens (tertiary/aromatic N) is 1. The minimum atomic E-state index is -1.15. The number of carbonyl (C=O) groups is 2. The Bertz CT molecular complexity index is 649. The highest BCUT2D eigenvalue weighted by Gasteiger charge is 2.07. The number of amides is 1. The second-order valence-corrected chi connectivity index (χ2v) is 3.95. The molecular weight excluding hydrogens is 285 g/mol. The lowest BCUT2D eigenvalue weighted by Gasteiger charge is -2.07. The molecule has 0 aliphatic rings. The number of halogens is 1. The minimum absolute atomic E-state index is 0.0119. The summed E-state index contributed by atoms with van der Waals surface area (Å²) in [4.78, 5) is 46.0. The Hall–Kier alpha value is -2.71. The number of hydrogen-bond donors (Lipinski definition) is 2. The summed E-state index contributed by atoms with van der Waals surface area (Å²) in [5, 5.41) is 2.48. The molecular formula is C12H14FN3O5. The molecule has 1 amide bonds. The van der Waals surface area contributed by atoms with Crippen molar-refractivity contribution in [3.63, 3.8) is 0 Å². The van der Waals surface area contributed by atoms with Crippen molar-refractivity contribution >= 4 is 11.9 Å². The molecule has 0 atom stereocenters. The second kappa shape index (κ2) is 7.78. The SMILES string of the molecule is C=CC(=O)NCCCC(=O)OCn1cc(F)c(=O)[nH]c1=O. The Morgan fingerprint density at radius 1 is 1.48 bits per heavy atom. The highest BCUT2D eigenvalue weighted by atomic mass is 19.1. The maximum Gasteiger partial charge on any atom is 0.331 e. The van der Waals surface area contributed by atoms with Gasteiger partial charge in [-0.05, 0) is 12.5 Å². The van der Waals surface area contributed by atoms with Crippen LogP contribution in [0, 0.1) is 5.82 Å². The monoisotopic (exact) mass is 299 g/mol. The van der Waals surface area contributed by atoms with E-state index >= 15 is 0 Å². The predicted octanol–water partition coefficient (Wildman–Crippen LogP) is -0.741. The zero-order chi connectivity index (χ0) is 15.8. The van der Waals surface area contributed by atoms with Gasteiger partial charge >= 0.3 is 11.7 Å². The van der Waals surface area contributed by atoms with Crippen molar-refractivity contribution in [2.24, 2.45) is 0 Å². The van der Waals surface area contributed by atoms with Crippen LogP contribution >= 0.6 is 0 Å². The first kappa shape index (κ1) is 16.3. The van der Waals surface area contributed by atoms with Gasteiger partial charge in [-0.15, -0.1) is 0 Å². The molecule has 1 heterocycles. The van der Waals surface area contributed by atoms with Gasteiger partial charge in [0.15, 0.2) is 6.73 Å². The van der Waals surface area contributed by atoms with Crippen molar-refractivity contribution in [3.05, 3.63) is 45.5 Å². The maximum atomic E-state index is 12.9. The van der Waals surface area contributed by atoms with Crippen LogP contribution in [0.2, 0.25) is 0 Å². The van der Waals surface area contributed by atoms with Crippen molar-refractivity contribution < 1.29 is 18.7 Å². The molecule has 0 radical (unpaired) electrons. The molecule has 1 rings (SSSR count). The van der Waals surface area contributed by atoms with E-state index in [1.807, 2.05) is 0 Å². The van der Waals surface area contributed by atoms with Gasteiger partial charge in [0, 0.05) is 13.0 Å². The van der Waals surface area contributed by atoms with Crippen molar-refractivity contribution in [2.45, 2.75) is 19.6 Å². The Morgan fingerprint density at radius 3 is 2.86 bits per heavy atom. The molecule has 0 aliphatic carbocycles. The molecule has 0 fully saturated rings. The summed E-state index contributed by atoms with van der Waals surface area (Å²) in [7, 11) is 0. The standard InChI is InChI=1S/C12H14FN3O5/c1-2-9(17)14-5-3-4-10(18)21-7-16-6-8(13)11(19)15-12(16)20/h2,6H,1,3-5,7H2,(H,14,17)(H,15,19,20). The van der Waals surface area contributed by atoms with Gasteiger partial charge in [-0.2, -0.15) is 4.39 Å². The largest absolute Gasteiger partial charge is 0.444 e. The van der Waals surface area contributed by atoms with Gasteiger partial charge in [-0.25, -0.2) is 4.79 Å². The molecule has 1 aromatic heterocycles. The number of carbonyl (C=O) groups excluding carboxylic acids is 2. The van der Waals surface area contributed by atoms with Crippen molar-refractivity contribution in [3.8, 4) is 0 Å². The van der Waals surface area contributed by atoms with Crippen LogP contribution in [0.25, 0.3) is 0 Å². The Balaban J connectivity index is 2.38. The van der Waals surface area contributed by atoms with E-state index in [-0.39, 0.29) is 18.9 Å². The topological polar surface area (TPSA) is 110 Å². The van der Waals surface area contributed by atoms with E-state index in [1.165, 1.54) is 0 Å². The Morgan fingerprint density at radius 2 is 2.19 bits per heavy atom. The molecule has 0 aliphatic heterocycles. The van der Waals surface area contributed by atoms with Crippen LogP contribution in [0.5, 0.6) is 0 Å². The van der Waals surface area contributed by atoms with Crippen LogP contribution in [-0.2, 0) is 21.1 Å². The molecule has 1 aromatic rings. The smallest absolute Gasteiger partial charge is 0.331 e. The molecule has 0 saturated carbocycles. The van der Waals surface area contributed by atoms with E-state index in [0.717, 1.165) is 6.08 Å². The summed E-state index contributed by atoms with van der Waals surface area (Å²) < 4.78 is 18.4. The molecule has 0 unspecified atom stereocenters. The lowest BCUT2D eigenvalue weighted by Crippen LogP contribution is -2.32. The molecule has 8 nitrogen and oxygen atoms in total. The molecule has 0 aromatic carbocycles. The van der Waals surface area contributed by atoms with E-state index in [4.69, 9.17) is 4.74 Å². The number of H-pyrrole nitrogens is 1. The van der Waals surface area contributed by atoms with Gasteiger partial charge in [-0.1, -0.05) is 6.58 Å². The molecule has 9 heteroatoms. The van der Waals surface area contributed by atoms with E-state index in [1.54, 1.807) is 4.98 Å². The molecule has 0 bridgehead atoms. The van der Waals surface area contributed by atoms with E-state index in [2.05, 4.69) is 11.9 Å². The summed E-state index contributed by atoms with van der Waals surface area (Å²) in [5.41, 5.74) is -2.02. The number of aromatic nitrogens is 2. The third kappa shape index (κ3) is 5.43. The summed E-state index contributed by atoms with van der Waals surface area (Å²) in [6, 6.07) is 0. The average Bonchev–Trinajstić information content (AvgIpc) is 2.45. The first-order chi connectivity index (χ1) is 9.93. The lowest BCUT2D eigenvalue weighted by atomic mass is 10.3. The van der Waals surface area contributed by atoms with Gasteiger partial charge in [0.1, 0.15) is 0 Å². The average molecular weight is 299 g/mol. The number of hydrogen-bond acceptors (Lipinski definition) is 5. The zero-order valence-electron chi connectivity index (χ0n) is 11.1. The number of esters is 1. The quantitative estimate of drug-likeness (QED) is 0.391. The van der Waals surface area contributed by atoms with Crippen LogP contribution < -0.4 is 16.6 Å². The third-order valence-corrected chi connectivity index (χ3v) is 2.37. The van der Waals surface area contributed by atoms with Gasteiger partial charge in [0.25, 0.3) is 5.56 Å². The fraction of sp³-hybridized carbons (Fsp3) is 0.333. The number of aromatic amines is 1. The van der Waals surface area contributed by atoms with E-state index in [9.17, 15) is 23.6 Å². The summed E-state index contributed by atoms with van der Waals surface area (Å²) in [6.07, 6.45) is 2.11. The highest BCUT2D eigenvalue weighted by molar-refractivity contribution is 5.86. The third-order valence-electron chi connectivity index (χ3n) is 2.37. The van der Waals surface area contributed by atoms with Crippen LogP contribution in [0.1, 0.15) is 12.8 Å². The van der Waals surface area contributed by atoms with Crippen molar-refractivity contribution in [2.75, 3.05) is 6.54 Å². The lowest BCUT2D eigenvalue weighted by molar-refractivity contribution is -0.147. The second-order valence-electron chi connectivity index (χ2n) is 3.95. The zero-order valence-corrected chi connectivity index (χ0v) is 11.1. The molecule has 2 N–H and O–H groups in total. The number of ether oxygens (including phenoxy) is 1. The molecule has 0 saturated heterocycles. The van der Waals surface area contributed by atoms with E-state index in [0.29, 0.717) is 17.2 Å².